The summed E-state index contributed by atoms with van der Waals surface area (Å²) in [5, 5.41) is 5.29. The van der Waals surface area contributed by atoms with E-state index in [-0.39, 0.29) is 0 Å². The van der Waals surface area contributed by atoms with Gasteiger partial charge in [-0.15, -0.1) is 0 Å². The Labute approximate surface area is 112 Å². The molecule has 3 rings (SSSR count). The van der Waals surface area contributed by atoms with Gasteiger partial charge in [0.25, 0.3) is 0 Å². The number of halogens is 1. The van der Waals surface area contributed by atoms with E-state index in [0.29, 0.717) is 0 Å². The monoisotopic (exact) mass is 261 g/mol. The third-order valence-electron chi connectivity index (χ3n) is 3.33. The molecule has 0 amide bonds. The van der Waals surface area contributed by atoms with Crippen molar-refractivity contribution in [1.82, 2.24) is 10.3 Å². The topological polar surface area (TPSA) is 28.2 Å². The molecule has 3 nitrogen and oxygen atoms in total. The van der Waals surface area contributed by atoms with E-state index in [4.69, 9.17) is 11.6 Å². The fourth-order valence-corrected chi connectivity index (χ4v) is 2.65. The van der Waals surface area contributed by atoms with E-state index >= 15 is 0 Å². The second kappa shape index (κ2) is 4.75. The van der Waals surface area contributed by atoms with Gasteiger partial charge < -0.3 is 10.2 Å². The van der Waals surface area contributed by atoms with E-state index in [1.807, 2.05) is 25.1 Å². The third-order valence-corrected chi connectivity index (χ3v) is 3.57. The highest BCUT2D eigenvalue weighted by molar-refractivity contribution is 6.31. The number of nitrogens with zero attached hydrogens (tertiary/aromatic N) is 2. The molecule has 94 valence electrons. The molecule has 1 aliphatic heterocycles. The molecule has 1 aromatic heterocycles. The highest BCUT2D eigenvalue weighted by Gasteiger charge is 2.14. The van der Waals surface area contributed by atoms with Gasteiger partial charge in [-0.2, -0.15) is 0 Å². The lowest BCUT2D eigenvalue weighted by Crippen LogP contribution is -2.43. The minimum absolute atomic E-state index is 0.768. The largest absolute Gasteiger partial charge is 0.368 e. The SMILES string of the molecule is Cc1cc(N2CCNCC2)c2cc(Cl)ccc2n1. The van der Waals surface area contributed by atoms with Crippen LogP contribution in [0, 0.1) is 6.92 Å². The zero-order valence-electron chi connectivity index (χ0n) is 10.4. The number of piperazine rings is 1. The van der Waals surface area contributed by atoms with E-state index < -0.39 is 0 Å². The summed E-state index contributed by atoms with van der Waals surface area (Å²) in [4.78, 5) is 6.98. The van der Waals surface area contributed by atoms with Crippen LogP contribution in [0.25, 0.3) is 10.9 Å². The van der Waals surface area contributed by atoms with Crippen LogP contribution in [0.3, 0.4) is 0 Å². The van der Waals surface area contributed by atoms with Gasteiger partial charge in [0.15, 0.2) is 0 Å². The molecule has 0 saturated carbocycles. The standard InChI is InChI=1S/C14H16ClN3/c1-10-8-14(18-6-4-16-5-7-18)12-9-11(15)2-3-13(12)17-10/h2-3,8-9,16H,4-7H2,1H3. The number of nitrogens with one attached hydrogen (secondary N) is 1. The quantitative estimate of drug-likeness (QED) is 0.855. The predicted molar refractivity (Wildman–Crippen MR) is 76.6 cm³/mol. The fraction of sp³-hybridized carbons (Fsp3) is 0.357. The number of benzene rings is 1. The van der Waals surface area contributed by atoms with Gasteiger partial charge in [0.1, 0.15) is 0 Å². The van der Waals surface area contributed by atoms with Crippen LogP contribution in [-0.2, 0) is 0 Å². The molecule has 1 N–H and O–H groups in total. The Balaban J connectivity index is 2.16. The fourth-order valence-electron chi connectivity index (χ4n) is 2.48. The van der Waals surface area contributed by atoms with Gasteiger partial charge in [0.05, 0.1) is 5.52 Å². The summed E-state index contributed by atoms with van der Waals surface area (Å²) >= 11 is 6.11. The average molecular weight is 262 g/mol. The highest BCUT2D eigenvalue weighted by atomic mass is 35.5. The molecule has 0 spiro atoms. The summed E-state index contributed by atoms with van der Waals surface area (Å²) in [5.74, 6) is 0. The molecule has 4 heteroatoms. The van der Waals surface area contributed by atoms with E-state index in [9.17, 15) is 0 Å². The molecule has 1 saturated heterocycles. The highest BCUT2D eigenvalue weighted by Crippen LogP contribution is 2.29. The lowest BCUT2D eigenvalue weighted by molar-refractivity contribution is 0.590. The van der Waals surface area contributed by atoms with Crippen molar-refractivity contribution in [3.63, 3.8) is 0 Å². The molecule has 1 aromatic carbocycles. The maximum absolute atomic E-state index is 6.11. The molecule has 1 fully saturated rings. The zero-order valence-corrected chi connectivity index (χ0v) is 11.2. The summed E-state index contributed by atoms with van der Waals surface area (Å²) in [6.45, 7) is 6.17. The maximum atomic E-state index is 6.11. The molecule has 0 bridgehead atoms. The molecule has 0 atom stereocenters. The number of pyridine rings is 1. The van der Waals surface area contributed by atoms with Gasteiger partial charge in [-0.25, -0.2) is 0 Å². The second-order valence-corrected chi connectivity index (χ2v) is 5.12. The van der Waals surface area contributed by atoms with Crippen LogP contribution in [0.15, 0.2) is 24.3 Å². The van der Waals surface area contributed by atoms with Gasteiger partial charge in [-0.3, -0.25) is 4.98 Å². The summed E-state index contributed by atoms with van der Waals surface area (Å²) < 4.78 is 0. The lowest BCUT2D eigenvalue weighted by atomic mass is 10.1. The van der Waals surface area contributed by atoms with Crippen molar-refractivity contribution in [3.05, 3.63) is 35.0 Å². The van der Waals surface area contributed by atoms with Crippen LogP contribution in [0.2, 0.25) is 5.02 Å². The number of hydrogen-bond donors (Lipinski definition) is 1. The summed E-state index contributed by atoms with van der Waals surface area (Å²) in [6, 6.07) is 8.07. The van der Waals surface area contributed by atoms with E-state index in [0.717, 1.165) is 47.8 Å². The van der Waals surface area contributed by atoms with Crippen LogP contribution >= 0.6 is 11.6 Å². The second-order valence-electron chi connectivity index (χ2n) is 4.68. The maximum Gasteiger partial charge on any atom is 0.0727 e. The Hall–Kier alpha value is -1.32. The van der Waals surface area contributed by atoms with Crippen LogP contribution in [-0.4, -0.2) is 31.2 Å². The third kappa shape index (κ3) is 2.16. The number of aromatic nitrogens is 1. The molecular weight excluding hydrogens is 246 g/mol. The first-order valence-electron chi connectivity index (χ1n) is 6.26. The van der Waals surface area contributed by atoms with Crippen LogP contribution < -0.4 is 10.2 Å². The molecule has 0 unspecified atom stereocenters. The van der Waals surface area contributed by atoms with Crippen LogP contribution in [0.1, 0.15) is 5.69 Å². The first kappa shape index (κ1) is 11.8. The number of aryl methyl sites for hydroxylation is 1. The normalized spacial score (nSPS) is 16.2. The Morgan fingerprint density at radius 3 is 2.78 bits per heavy atom. The van der Waals surface area contributed by atoms with Gasteiger partial charge in [-0.1, -0.05) is 11.6 Å². The lowest BCUT2D eigenvalue weighted by Gasteiger charge is -2.30. The van der Waals surface area contributed by atoms with E-state index in [2.05, 4.69) is 21.3 Å². The predicted octanol–water partition coefficient (Wildman–Crippen LogP) is 2.61. The first-order valence-corrected chi connectivity index (χ1v) is 6.64. The molecule has 1 aliphatic rings. The summed E-state index contributed by atoms with van der Waals surface area (Å²) in [5.41, 5.74) is 3.33. The Bertz CT molecular complexity index is 577. The first-order chi connectivity index (χ1) is 8.74. The van der Waals surface area contributed by atoms with Gasteiger partial charge in [-0.05, 0) is 31.2 Å². The smallest absolute Gasteiger partial charge is 0.0727 e. The summed E-state index contributed by atoms with van der Waals surface area (Å²) in [7, 11) is 0. The van der Waals surface area contributed by atoms with Crippen molar-refractivity contribution >= 4 is 28.2 Å². The molecule has 2 heterocycles. The zero-order chi connectivity index (χ0) is 12.5. The minimum atomic E-state index is 0.768. The Kier molecular flexibility index (Phi) is 3.10. The van der Waals surface area contributed by atoms with Crippen molar-refractivity contribution in [1.29, 1.82) is 0 Å². The van der Waals surface area contributed by atoms with E-state index in [1.165, 1.54) is 5.69 Å². The van der Waals surface area contributed by atoms with Crippen molar-refractivity contribution in [3.8, 4) is 0 Å². The van der Waals surface area contributed by atoms with Crippen LogP contribution in [0.4, 0.5) is 5.69 Å². The van der Waals surface area contributed by atoms with E-state index in [1.54, 1.807) is 0 Å². The van der Waals surface area contributed by atoms with Crippen molar-refractivity contribution in [2.75, 3.05) is 31.1 Å². The molecule has 0 radical (unpaired) electrons. The Morgan fingerprint density at radius 1 is 1.22 bits per heavy atom. The molecule has 2 aromatic rings. The number of hydrogen-bond acceptors (Lipinski definition) is 3. The van der Waals surface area contributed by atoms with Crippen molar-refractivity contribution in [2.45, 2.75) is 6.92 Å². The van der Waals surface area contributed by atoms with Gasteiger partial charge in [0, 0.05) is 48.0 Å². The number of rotatable bonds is 1. The average Bonchev–Trinajstić information content (AvgIpc) is 2.39. The van der Waals surface area contributed by atoms with Gasteiger partial charge >= 0.3 is 0 Å². The van der Waals surface area contributed by atoms with Gasteiger partial charge in [0.2, 0.25) is 0 Å². The molecular formula is C14H16ClN3. The number of anilines is 1. The van der Waals surface area contributed by atoms with Crippen molar-refractivity contribution < 1.29 is 0 Å². The number of fused-ring (bicyclic) bond motifs is 1. The van der Waals surface area contributed by atoms with Crippen LogP contribution in [0.5, 0.6) is 0 Å². The van der Waals surface area contributed by atoms with Crippen molar-refractivity contribution in [2.24, 2.45) is 0 Å². The summed E-state index contributed by atoms with van der Waals surface area (Å²) in [6.07, 6.45) is 0. The molecule has 18 heavy (non-hydrogen) atoms. The minimum Gasteiger partial charge on any atom is -0.368 e. The molecule has 0 aliphatic carbocycles. The Morgan fingerprint density at radius 2 is 2.00 bits per heavy atom.